The lowest BCUT2D eigenvalue weighted by molar-refractivity contribution is -0.253. The van der Waals surface area contributed by atoms with Gasteiger partial charge in [0.2, 0.25) is 17.6 Å². The van der Waals surface area contributed by atoms with Crippen LogP contribution in [0.3, 0.4) is 0 Å². The quantitative estimate of drug-likeness (QED) is 0.376. The van der Waals surface area contributed by atoms with Crippen molar-refractivity contribution in [2.24, 2.45) is 11.7 Å². The zero-order valence-corrected chi connectivity index (χ0v) is 24.4. The summed E-state index contributed by atoms with van der Waals surface area (Å²) in [5.74, 6) is -2.00. The van der Waals surface area contributed by atoms with E-state index in [9.17, 15) is 31.4 Å². The number of carbonyl (C=O) groups excluding carboxylic acids is 2. The molecule has 4 aliphatic rings. The van der Waals surface area contributed by atoms with Gasteiger partial charge < -0.3 is 29.5 Å². The predicted octanol–water partition coefficient (Wildman–Crippen LogP) is 3.82. The molecule has 1 aromatic heterocycles. The number of fused-ring (bicyclic) bond motifs is 3. The Kier molecular flexibility index (Phi) is 7.79. The zero-order valence-electron chi connectivity index (χ0n) is 23.6. The molecule has 2 bridgehead atoms. The number of nitrogens with two attached hydrogens (primary N) is 1. The third kappa shape index (κ3) is 5.62. The van der Waals surface area contributed by atoms with E-state index in [1.165, 1.54) is 30.2 Å². The number of hydrogen-bond acceptors (Lipinski definition) is 9. The Balaban J connectivity index is 1.31. The second-order valence-electron chi connectivity index (χ2n) is 11.3. The van der Waals surface area contributed by atoms with Gasteiger partial charge in [-0.1, -0.05) is 17.3 Å². The standard InChI is InChI=1S/C28H26F5N5O6S/c1-42-26(40)37-10-15-8-27(9-15,13-37)25-35-22(36-44-25)17-6-20-21(7-18(17)29)45(41)12-19(34)23(39)38(20)11-14-2-4-16(5-3-14)43-28(32,33)24(30)31/h2-7,15,19,24H,8-13,34H2,1H3/t15?,19-,27?,45?/m0/s1. The number of nitrogens with zero attached hydrogens (tertiary/aromatic N) is 4. The van der Waals surface area contributed by atoms with Crippen LogP contribution in [0.4, 0.5) is 32.4 Å². The highest BCUT2D eigenvalue weighted by molar-refractivity contribution is 7.85. The molecule has 4 heterocycles. The number of ether oxygens (including phenoxy) is 2. The van der Waals surface area contributed by atoms with E-state index in [4.69, 9.17) is 15.0 Å². The smallest absolute Gasteiger partial charge is 0.453 e. The number of hydrogen-bond donors (Lipinski definition) is 1. The summed E-state index contributed by atoms with van der Waals surface area (Å²) in [5.41, 5.74) is 5.65. The summed E-state index contributed by atoms with van der Waals surface area (Å²) >= 11 is 0. The molecule has 2 atom stereocenters. The second kappa shape index (κ2) is 11.3. The lowest BCUT2D eigenvalue weighted by Crippen LogP contribution is -2.60. The first-order chi connectivity index (χ1) is 21.3. The molecule has 2 N–H and O–H groups in total. The molecule has 0 radical (unpaired) electrons. The first-order valence-corrected chi connectivity index (χ1v) is 15.0. The third-order valence-corrected chi connectivity index (χ3v) is 9.63. The highest BCUT2D eigenvalue weighted by Crippen LogP contribution is 2.52. The maximum atomic E-state index is 15.5. The number of carbonyl (C=O) groups is 2. The van der Waals surface area contributed by atoms with Crippen LogP contribution in [0.5, 0.6) is 5.75 Å². The molecule has 3 aliphatic heterocycles. The summed E-state index contributed by atoms with van der Waals surface area (Å²) in [7, 11) is -0.592. The number of alkyl halides is 4. The Morgan fingerprint density at radius 1 is 1.24 bits per heavy atom. The van der Waals surface area contributed by atoms with E-state index in [1.54, 1.807) is 4.90 Å². The maximum Gasteiger partial charge on any atom is 0.461 e. The maximum absolute atomic E-state index is 15.5. The molecule has 0 spiro atoms. The third-order valence-electron chi connectivity index (χ3n) is 8.16. The number of aromatic nitrogens is 2. The number of benzene rings is 2. The van der Waals surface area contributed by atoms with Gasteiger partial charge in [-0.25, -0.2) is 9.18 Å². The van der Waals surface area contributed by atoms with Gasteiger partial charge in [-0.3, -0.25) is 9.00 Å². The van der Waals surface area contributed by atoms with E-state index >= 15 is 4.39 Å². The minimum Gasteiger partial charge on any atom is -0.453 e. The lowest BCUT2D eigenvalue weighted by atomic mass is 9.58. The summed E-state index contributed by atoms with van der Waals surface area (Å²) in [4.78, 5) is 32.7. The van der Waals surface area contributed by atoms with Gasteiger partial charge in [0.15, 0.2) is 0 Å². The van der Waals surface area contributed by atoms with Crippen LogP contribution in [0, 0.1) is 11.7 Å². The Hall–Kier alpha value is -4.12. The van der Waals surface area contributed by atoms with Crippen molar-refractivity contribution in [3.05, 3.63) is 53.7 Å². The van der Waals surface area contributed by atoms with Crippen molar-refractivity contribution >= 4 is 28.5 Å². The zero-order chi connectivity index (χ0) is 32.3. The van der Waals surface area contributed by atoms with Gasteiger partial charge >= 0.3 is 18.6 Å². The van der Waals surface area contributed by atoms with Crippen molar-refractivity contribution in [3.63, 3.8) is 0 Å². The highest BCUT2D eigenvalue weighted by atomic mass is 32.2. The minimum atomic E-state index is -4.70. The first-order valence-electron chi connectivity index (χ1n) is 13.7. The predicted molar refractivity (Wildman–Crippen MR) is 147 cm³/mol. The number of piperidine rings is 2. The van der Waals surface area contributed by atoms with E-state index in [-0.39, 0.29) is 52.6 Å². The van der Waals surface area contributed by atoms with Crippen LogP contribution < -0.4 is 15.4 Å². The summed E-state index contributed by atoms with van der Waals surface area (Å²) < 4.78 is 94.8. The van der Waals surface area contributed by atoms with Gasteiger partial charge in [0.25, 0.3) is 0 Å². The fourth-order valence-electron chi connectivity index (χ4n) is 6.07. The average Bonchev–Trinajstić information content (AvgIpc) is 3.47. The number of amides is 2. The molecule has 11 nitrogen and oxygen atoms in total. The van der Waals surface area contributed by atoms with Crippen molar-refractivity contribution in [2.75, 3.05) is 30.9 Å². The van der Waals surface area contributed by atoms with Crippen molar-refractivity contribution in [3.8, 4) is 17.1 Å². The van der Waals surface area contributed by atoms with Gasteiger partial charge in [-0.15, -0.1) is 0 Å². The Morgan fingerprint density at radius 2 is 1.96 bits per heavy atom. The molecule has 3 fully saturated rings. The van der Waals surface area contributed by atoms with Gasteiger partial charge in [0.05, 0.1) is 57.8 Å². The summed E-state index contributed by atoms with van der Waals surface area (Å²) in [6, 6.07) is 5.66. The topological polar surface area (TPSA) is 141 Å². The fraction of sp³-hybridized carbons (Fsp3) is 0.429. The van der Waals surface area contributed by atoms with E-state index < -0.39 is 58.4 Å². The van der Waals surface area contributed by atoms with Crippen LogP contribution in [0.15, 0.2) is 45.8 Å². The normalized spacial score (nSPS) is 24.6. The van der Waals surface area contributed by atoms with Crippen molar-refractivity contribution in [1.82, 2.24) is 15.0 Å². The molecule has 240 valence electrons. The Bertz CT molecular complexity index is 1670. The molecule has 1 aliphatic carbocycles. The average molecular weight is 656 g/mol. The molecular weight excluding hydrogens is 629 g/mol. The van der Waals surface area contributed by atoms with Crippen molar-refractivity contribution in [1.29, 1.82) is 0 Å². The van der Waals surface area contributed by atoms with Crippen LogP contribution >= 0.6 is 0 Å². The molecule has 17 heteroatoms. The highest BCUT2D eigenvalue weighted by Gasteiger charge is 2.56. The lowest BCUT2D eigenvalue weighted by Gasteiger charge is -2.53. The molecule has 2 saturated heterocycles. The van der Waals surface area contributed by atoms with E-state index in [1.807, 2.05) is 0 Å². The summed E-state index contributed by atoms with van der Waals surface area (Å²) in [6.45, 7) is 0.599. The number of anilines is 1. The molecule has 7 rings (SSSR count). The molecule has 1 saturated carbocycles. The van der Waals surface area contributed by atoms with Crippen molar-refractivity contribution < 1.29 is 49.7 Å². The summed E-state index contributed by atoms with van der Waals surface area (Å²) in [6.07, 6.45) is -7.84. The van der Waals surface area contributed by atoms with Crippen LogP contribution in [-0.4, -0.2) is 75.8 Å². The van der Waals surface area contributed by atoms with Crippen LogP contribution in [0.2, 0.25) is 0 Å². The molecule has 2 aromatic carbocycles. The molecule has 2 amide bonds. The SMILES string of the molecule is COC(=O)N1CC2CC(c3nc(-c4cc5c(cc4F)S(=O)C[C@H](N)C(=O)N5Cc4ccc(OC(F)(F)C(F)F)cc4)no3)(C2)C1. The molecule has 45 heavy (non-hydrogen) atoms. The van der Waals surface area contributed by atoms with Gasteiger partial charge in [0.1, 0.15) is 11.6 Å². The molecule has 1 unspecified atom stereocenters. The van der Waals surface area contributed by atoms with Gasteiger partial charge in [0, 0.05) is 13.1 Å². The van der Waals surface area contributed by atoms with Crippen molar-refractivity contribution in [2.45, 2.75) is 48.3 Å². The minimum absolute atomic E-state index is 0.0146. The van der Waals surface area contributed by atoms with Crippen LogP contribution in [-0.2, 0) is 32.3 Å². The monoisotopic (exact) mass is 655 g/mol. The van der Waals surface area contributed by atoms with Crippen LogP contribution in [0.1, 0.15) is 24.3 Å². The van der Waals surface area contributed by atoms with Crippen LogP contribution in [0.25, 0.3) is 11.4 Å². The first kappa shape index (κ1) is 30.9. The molecule has 3 aromatic rings. The second-order valence-corrected chi connectivity index (χ2v) is 12.7. The number of methoxy groups -OCH3 is 1. The number of rotatable bonds is 7. The fourth-order valence-corrected chi connectivity index (χ4v) is 7.35. The Morgan fingerprint density at radius 3 is 2.62 bits per heavy atom. The van der Waals surface area contributed by atoms with E-state index in [0.29, 0.717) is 24.9 Å². The largest absolute Gasteiger partial charge is 0.461 e. The Labute approximate surface area is 254 Å². The number of halogens is 5. The van der Waals surface area contributed by atoms with E-state index in [0.717, 1.165) is 18.2 Å². The van der Waals surface area contributed by atoms with Gasteiger partial charge in [-0.2, -0.15) is 22.5 Å². The summed E-state index contributed by atoms with van der Waals surface area (Å²) in [5, 5.41) is 3.97. The van der Waals surface area contributed by atoms with E-state index in [2.05, 4.69) is 14.9 Å². The van der Waals surface area contributed by atoms with Gasteiger partial charge in [-0.05, 0) is 48.6 Å². The molecular formula is C28H26F5N5O6S.